The first-order chi connectivity index (χ1) is 11.9. The van der Waals surface area contributed by atoms with Gasteiger partial charge in [0.1, 0.15) is 5.82 Å². The van der Waals surface area contributed by atoms with Gasteiger partial charge in [-0.3, -0.25) is 9.69 Å². The van der Waals surface area contributed by atoms with E-state index in [4.69, 9.17) is 0 Å². The summed E-state index contributed by atoms with van der Waals surface area (Å²) in [6.45, 7) is 1.30. The highest BCUT2D eigenvalue weighted by molar-refractivity contribution is 6.06. The minimum atomic E-state index is -3.67. The maximum absolute atomic E-state index is 14.6. The summed E-state index contributed by atoms with van der Waals surface area (Å²) in [5.41, 5.74) is 1.21. The van der Waals surface area contributed by atoms with Gasteiger partial charge in [0.05, 0.1) is 34.9 Å². The normalized spacial score (nSPS) is 17.1. The molecule has 0 spiro atoms. The fourth-order valence-corrected chi connectivity index (χ4v) is 3.25. The summed E-state index contributed by atoms with van der Waals surface area (Å²) in [5.74, 6) is -4.56. The number of alkyl halides is 2. The Balaban J connectivity index is 1.79. The number of aliphatic hydroxyl groups is 1. The van der Waals surface area contributed by atoms with Crippen LogP contribution in [0.1, 0.15) is 30.0 Å². The van der Waals surface area contributed by atoms with Gasteiger partial charge in [0.15, 0.2) is 0 Å². The van der Waals surface area contributed by atoms with Gasteiger partial charge in [-0.15, -0.1) is 0 Å². The van der Waals surface area contributed by atoms with Gasteiger partial charge < -0.3 is 10.1 Å². The van der Waals surface area contributed by atoms with Crippen molar-refractivity contribution in [1.29, 1.82) is 0 Å². The molecule has 128 valence electrons. The zero-order valence-corrected chi connectivity index (χ0v) is 13.3. The summed E-state index contributed by atoms with van der Waals surface area (Å²) in [6, 6.07) is 11.7. The number of aromatic amines is 1. The van der Waals surface area contributed by atoms with Crippen LogP contribution in [0.25, 0.3) is 11.0 Å². The second kappa shape index (κ2) is 5.35. The minimum Gasteiger partial charge on any atom is -0.389 e. The molecule has 1 aliphatic heterocycles. The van der Waals surface area contributed by atoms with Gasteiger partial charge >= 0.3 is 11.8 Å². The van der Waals surface area contributed by atoms with E-state index in [0.29, 0.717) is 11.3 Å². The van der Waals surface area contributed by atoms with E-state index in [2.05, 4.69) is 9.97 Å². The number of nitrogens with one attached hydrogen (secondary N) is 1. The van der Waals surface area contributed by atoms with Crippen LogP contribution in [0.5, 0.6) is 0 Å². The highest BCUT2D eigenvalue weighted by Gasteiger charge is 2.54. The number of halogens is 2. The summed E-state index contributed by atoms with van der Waals surface area (Å²) in [6.07, 6.45) is -1.10. The SMILES string of the molecule is C[C@H](O)c1cccc2c1C(F)(F)C(=O)N2Cc1nc2ccccc2[nH]1. The Hall–Kier alpha value is -2.80. The molecule has 4 rings (SSSR count). The van der Waals surface area contributed by atoms with Gasteiger partial charge in [-0.1, -0.05) is 24.3 Å². The third-order valence-corrected chi connectivity index (χ3v) is 4.39. The molecule has 0 saturated carbocycles. The van der Waals surface area contributed by atoms with Crippen molar-refractivity contribution >= 4 is 22.6 Å². The first kappa shape index (κ1) is 15.7. The number of aromatic nitrogens is 2. The zero-order valence-electron chi connectivity index (χ0n) is 13.3. The van der Waals surface area contributed by atoms with Crippen LogP contribution in [0.3, 0.4) is 0 Å². The number of para-hydroxylation sites is 2. The Bertz CT molecular complexity index is 948. The largest absolute Gasteiger partial charge is 0.389 e. The van der Waals surface area contributed by atoms with Gasteiger partial charge in [-0.25, -0.2) is 4.98 Å². The fourth-order valence-electron chi connectivity index (χ4n) is 3.25. The molecule has 0 fully saturated rings. The molecule has 1 atom stereocenters. The summed E-state index contributed by atoms with van der Waals surface area (Å²) >= 11 is 0. The number of anilines is 1. The summed E-state index contributed by atoms with van der Waals surface area (Å²) in [4.78, 5) is 20.7. The van der Waals surface area contributed by atoms with Crippen LogP contribution in [0.4, 0.5) is 14.5 Å². The molecule has 0 aliphatic carbocycles. The van der Waals surface area contributed by atoms with Gasteiger partial charge in [0.2, 0.25) is 0 Å². The molecule has 3 aromatic rings. The van der Waals surface area contributed by atoms with E-state index in [1.807, 2.05) is 18.2 Å². The lowest BCUT2D eigenvalue weighted by atomic mass is 9.99. The maximum Gasteiger partial charge on any atom is 0.352 e. The van der Waals surface area contributed by atoms with Crippen molar-refractivity contribution in [3.05, 3.63) is 59.4 Å². The van der Waals surface area contributed by atoms with Crippen LogP contribution in [0.2, 0.25) is 0 Å². The number of rotatable bonds is 3. The average Bonchev–Trinajstić information content (AvgIpc) is 3.07. The maximum atomic E-state index is 14.6. The highest BCUT2D eigenvalue weighted by Crippen LogP contribution is 2.47. The molecule has 2 heterocycles. The lowest BCUT2D eigenvalue weighted by molar-refractivity contribution is -0.141. The third kappa shape index (κ3) is 2.31. The Kier molecular flexibility index (Phi) is 3.36. The minimum absolute atomic E-state index is 0.0583. The molecule has 0 radical (unpaired) electrons. The highest BCUT2D eigenvalue weighted by atomic mass is 19.3. The number of benzene rings is 2. The second-order valence-corrected chi connectivity index (χ2v) is 6.08. The number of imidazole rings is 1. The quantitative estimate of drug-likeness (QED) is 0.767. The van der Waals surface area contributed by atoms with Crippen molar-refractivity contribution in [3.63, 3.8) is 0 Å². The molecule has 1 aliphatic rings. The van der Waals surface area contributed by atoms with Crippen molar-refractivity contribution in [2.75, 3.05) is 4.90 Å². The van der Waals surface area contributed by atoms with Crippen LogP contribution in [-0.2, 0) is 17.3 Å². The van der Waals surface area contributed by atoms with Crippen molar-refractivity contribution in [2.24, 2.45) is 0 Å². The standard InChI is InChI=1S/C18H15F2N3O2/c1-10(24)11-5-4-8-14-16(11)18(19,20)17(25)23(14)9-15-21-12-6-2-3-7-13(12)22-15/h2-8,10,24H,9H2,1H3,(H,21,22)/t10-/m0/s1. The molecule has 2 N–H and O–H groups in total. The van der Waals surface area contributed by atoms with Crippen molar-refractivity contribution < 1.29 is 18.7 Å². The van der Waals surface area contributed by atoms with Gasteiger partial charge in [-0.2, -0.15) is 8.78 Å². The number of fused-ring (bicyclic) bond motifs is 2. The molecular weight excluding hydrogens is 328 g/mol. The number of H-pyrrole nitrogens is 1. The average molecular weight is 343 g/mol. The molecule has 5 nitrogen and oxygen atoms in total. The van der Waals surface area contributed by atoms with Crippen LogP contribution < -0.4 is 4.90 Å². The van der Waals surface area contributed by atoms with Gasteiger partial charge in [0, 0.05) is 0 Å². The van der Waals surface area contributed by atoms with Crippen LogP contribution in [0.15, 0.2) is 42.5 Å². The lowest BCUT2D eigenvalue weighted by Crippen LogP contribution is -2.34. The lowest BCUT2D eigenvalue weighted by Gasteiger charge is -2.16. The Labute approximate surface area is 141 Å². The summed E-state index contributed by atoms with van der Waals surface area (Å²) in [5, 5.41) is 9.80. The molecule has 25 heavy (non-hydrogen) atoms. The smallest absolute Gasteiger partial charge is 0.352 e. The molecule has 0 bridgehead atoms. The fraction of sp³-hybridized carbons (Fsp3) is 0.222. The monoisotopic (exact) mass is 343 g/mol. The van der Waals surface area contributed by atoms with Crippen LogP contribution in [-0.4, -0.2) is 21.0 Å². The van der Waals surface area contributed by atoms with E-state index >= 15 is 0 Å². The number of amides is 1. The number of nitrogens with zero attached hydrogens (tertiary/aromatic N) is 2. The molecule has 0 unspecified atom stereocenters. The Morgan fingerprint density at radius 3 is 2.72 bits per heavy atom. The number of carbonyl (C=O) groups is 1. The van der Waals surface area contributed by atoms with E-state index in [0.717, 1.165) is 10.4 Å². The van der Waals surface area contributed by atoms with E-state index < -0.39 is 23.5 Å². The first-order valence-electron chi connectivity index (χ1n) is 7.84. The number of hydrogen-bond acceptors (Lipinski definition) is 3. The van der Waals surface area contributed by atoms with E-state index in [1.165, 1.54) is 19.1 Å². The topological polar surface area (TPSA) is 69.2 Å². The van der Waals surface area contributed by atoms with E-state index in [1.54, 1.807) is 12.1 Å². The predicted octanol–water partition coefficient (Wildman–Crippen LogP) is 3.25. The van der Waals surface area contributed by atoms with Crippen molar-refractivity contribution in [3.8, 4) is 0 Å². The number of aliphatic hydroxyl groups excluding tert-OH is 1. The molecule has 1 amide bonds. The van der Waals surface area contributed by atoms with Crippen molar-refractivity contribution in [2.45, 2.75) is 25.5 Å². The molecular formula is C18H15F2N3O2. The molecule has 1 aromatic heterocycles. The number of carbonyl (C=O) groups excluding carboxylic acids is 1. The first-order valence-corrected chi connectivity index (χ1v) is 7.84. The second-order valence-electron chi connectivity index (χ2n) is 6.08. The Morgan fingerprint density at radius 2 is 2.00 bits per heavy atom. The zero-order chi connectivity index (χ0) is 17.8. The predicted molar refractivity (Wildman–Crippen MR) is 88.3 cm³/mol. The summed E-state index contributed by atoms with van der Waals surface area (Å²) < 4.78 is 29.2. The summed E-state index contributed by atoms with van der Waals surface area (Å²) in [7, 11) is 0. The van der Waals surface area contributed by atoms with Crippen LogP contribution in [0, 0.1) is 0 Å². The third-order valence-electron chi connectivity index (χ3n) is 4.39. The Morgan fingerprint density at radius 1 is 1.24 bits per heavy atom. The van der Waals surface area contributed by atoms with Crippen molar-refractivity contribution in [1.82, 2.24) is 9.97 Å². The van der Waals surface area contributed by atoms with Gasteiger partial charge in [-0.05, 0) is 30.7 Å². The van der Waals surface area contributed by atoms with E-state index in [-0.39, 0.29) is 17.8 Å². The molecule has 7 heteroatoms. The number of hydrogen-bond donors (Lipinski definition) is 2. The van der Waals surface area contributed by atoms with Crippen LogP contribution >= 0.6 is 0 Å². The molecule has 0 saturated heterocycles. The van der Waals surface area contributed by atoms with Gasteiger partial charge in [0.25, 0.3) is 0 Å². The van der Waals surface area contributed by atoms with E-state index in [9.17, 15) is 18.7 Å². The molecule has 2 aromatic carbocycles.